The number of alkyl halides is 3. The van der Waals surface area contributed by atoms with Gasteiger partial charge in [0.15, 0.2) is 0 Å². The number of halogens is 3. The van der Waals surface area contributed by atoms with E-state index in [0.717, 1.165) is 18.6 Å². The summed E-state index contributed by atoms with van der Waals surface area (Å²) in [4.78, 5) is 11.8. The monoisotopic (exact) mass is 343 g/mol. The zero-order valence-electron chi connectivity index (χ0n) is 13.9. The van der Waals surface area contributed by atoms with Crippen LogP contribution in [-0.2, 0) is 22.1 Å². The van der Waals surface area contributed by atoms with Crippen LogP contribution >= 0.6 is 0 Å². The molecule has 0 saturated heterocycles. The van der Waals surface area contributed by atoms with Gasteiger partial charge in [-0.3, -0.25) is 4.79 Å². The molecule has 134 valence electrons. The van der Waals surface area contributed by atoms with Crippen LogP contribution in [0.5, 0.6) is 0 Å². The molecule has 2 atom stereocenters. The standard InChI is InChI=1S/C18H24F3NO2/c1-13-4-2-3-5-16(13)24-11-10-22-17(23)12-14-6-8-15(9-7-14)18(19,20)21/h6-9,13,16H,2-5,10-12H2,1H3,(H,22,23). The zero-order chi connectivity index (χ0) is 17.6. The van der Waals surface area contributed by atoms with Crippen LogP contribution in [0.15, 0.2) is 24.3 Å². The van der Waals surface area contributed by atoms with Gasteiger partial charge in [0.2, 0.25) is 5.91 Å². The summed E-state index contributed by atoms with van der Waals surface area (Å²) in [6.45, 7) is 3.07. The van der Waals surface area contributed by atoms with E-state index in [4.69, 9.17) is 4.74 Å². The predicted octanol–water partition coefficient (Wildman–Crippen LogP) is 3.96. The summed E-state index contributed by atoms with van der Waals surface area (Å²) in [5.74, 6) is 0.344. The highest BCUT2D eigenvalue weighted by Crippen LogP contribution is 2.29. The molecule has 24 heavy (non-hydrogen) atoms. The van der Waals surface area contributed by atoms with E-state index in [-0.39, 0.29) is 18.4 Å². The average Bonchev–Trinajstić information content (AvgIpc) is 2.53. The molecule has 1 amide bonds. The quantitative estimate of drug-likeness (QED) is 0.794. The van der Waals surface area contributed by atoms with Crippen molar-refractivity contribution >= 4 is 5.91 Å². The van der Waals surface area contributed by atoms with Gasteiger partial charge in [-0.2, -0.15) is 13.2 Å². The first-order valence-corrected chi connectivity index (χ1v) is 8.40. The molecule has 0 spiro atoms. The van der Waals surface area contributed by atoms with Crippen molar-refractivity contribution in [2.24, 2.45) is 5.92 Å². The fourth-order valence-electron chi connectivity index (χ4n) is 2.99. The van der Waals surface area contributed by atoms with E-state index in [1.165, 1.54) is 31.4 Å². The van der Waals surface area contributed by atoms with Crippen molar-refractivity contribution in [3.63, 3.8) is 0 Å². The molecule has 2 unspecified atom stereocenters. The second-order valence-electron chi connectivity index (χ2n) is 6.39. The van der Waals surface area contributed by atoms with Gasteiger partial charge in [-0.25, -0.2) is 0 Å². The Hall–Kier alpha value is -1.56. The topological polar surface area (TPSA) is 38.3 Å². The summed E-state index contributed by atoms with van der Waals surface area (Å²) in [6.07, 6.45) is 0.684. The van der Waals surface area contributed by atoms with E-state index in [2.05, 4.69) is 12.2 Å². The summed E-state index contributed by atoms with van der Waals surface area (Å²) in [5.41, 5.74) is -0.149. The Morgan fingerprint density at radius 3 is 2.50 bits per heavy atom. The molecule has 0 radical (unpaired) electrons. The molecule has 0 bridgehead atoms. The average molecular weight is 343 g/mol. The van der Waals surface area contributed by atoms with Gasteiger partial charge < -0.3 is 10.1 Å². The van der Waals surface area contributed by atoms with E-state index in [1.807, 2.05) is 0 Å². The fraction of sp³-hybridized carbons (Fsp3) is 0.611. The molecule has 1 N–H and O–H groups in total. The molecule has 2 rings (SSSR count). The third-order valence-electron chi connectivity index (χ3n) is 4.43. The van der Waals surface area contributed by atoms with Gasteiger partial charge >= 0.3 is 6.18 Å². The number of hydrogen-bond acceptors (Lipinski definition) is 2. The van der Waals surface area contributed by atoms with Crippen LogP contribution in [0.1, 0.15) is 43.7 Å². The Morgan fingerprint density at radius 1 is 1.21 bits per heavy atom. The molecule has 1 aromatic carbocycles. The lowest BCUT2D eigenvalue weighted by atomic mass is 9.88. The third-order valence-corrected chi connectivity index (χ3v) is 4.43. The van der Waals surface area contributed by atoms with Crippen molar-refractivity contribution in [3.8, 4) is 0 Å². The van der Waals surface area contributed by atoms with Gasteiger partial charge in [0, 0.05) is 6.54 Å². The van der Waals surface area contributed by atoms with Crippen molar-refractivity contribution in [1.82, 2.24) is 5.32 Å². The number of benzene rings is 1. The van der Waals surface area contributed by atoms with Crippen LogP contribution in [0.2, 0.25) is 0 Å². The maximum atomic E-state index is 12.5. The Labute approximate surface area is 140 Å². The summed E-state index contributed by atoms with van der Waals surface area (Å²) in [5, 5.41) is 2.74. The van der Waals surface area contributed by atoms with Crippen LogP contribution in [0, 0.1) is 5.92 Å². The van der Waals surface area contributed by atoms with Crippen molar-refractivity contribution in [2.45, 2.75) is 51.3 Å². The van der Waals surface area contributed by atoms with Gasteiger partial charge in [0.25, 0.3) is 0 Å². The van der Waals surface area contributed by atoms with Crippen molar-refractivity contribution in [2.75, 3.05) is 13.2 Å². The number of carbonyl (C=O) groups is 1. The minimum absolute atomic E-state index is 0.0674. The van der Waals surface area contributed by atoms with Gasteiger partial charge in [-0.1, -0.05) is 31.9 Å². The first-order valence-electron chi connectivity index (χ1n) is 8.40. The van der Waals surface area contributed by atoms with Crippen molar-refractivity contribution in [3.05, 3.63) is 35.4 Å². The van der Waals surface area contributed by atoms with Crippen LogP contribution in [-0.4, -0.2) is 25.2 Å². The fourth-order valence-corrected chi connectivity index (χ4v) is 2.99. The molecule has 1 fully saturated rings. The Morgan fingerprint density at radius 2 is 1.88 bits per heavy atom. The molecule has 0 heterocycles. The zero-order valence-corrected chi connectivity index (χ0v) is 13.9. The summed E-state index contributed by atoms with van der Waals surface area (Å²) in [6, 6.07) is 4.66. The molecule has 1 aromatic rings. The minimum atomic E-state index is -4.35. The predicted molar refractivity (Wildman–Crippen MR) is 85.5 cm³/mol. The van der Waals surface area contributed by atoms with Gasteiger partial charge in [0.1, 0.15) is 0 Å². The van der Waals surface area contributed by atoms with E-state index in [9.17, 15) is 18.0 Å². The smallest absolute Gasteiger partial charge is 0.376 e. The molecular weight excluding hydrogens is 319 g/mol. The van der Waals surface area contributed by atoms with E-state index in [1.54, 1.807) is 0 Å². The van der Waals surface area contributed by atoms with Crippen molar-refractivity contribution < 1.29 is 22.7 Å². The Kier molecular flexibility index (Phi) is 6.66. The Balaban J connectivity index is 1.68. The molecular formula is C18H24F3NO2. The molecule has 6 heteroatoms. The summed E-state index contributed by atoms with van der Waals surface area (Å²) < 4.78 is 43.2. The molecule has 1 saturated carbocycles. The number of amides is 1. The third kappa shape index (κ3) is 5.82. The first kappa shape index (κ1) is 18.8. The van der Waals surface area contributed by atoms with Gasteiger partial charge in [-0.15, -0.1) is 0 Å². The molecule has 0 aromatic heterocycles. The molecule has 1 aliphatic rings. The highest BCUT2D eigenvalue weighted by atomic mass is 19.4. The number of hydrogen-bond donors (Lipinski definition) is 1. The lowest BCUT2D eigenvalue weighted by Crippen LogP contribution is -2.32. The largest absolute Gasteiger partial charge is 0.416 e. The van der Waals surface area contributed by atoms with Crippen LogP contribution in [0.4, 0.5) is 13.2 Å². The molecule has 0 aliphatic heterocycles. The lowest BCUT2D eigenvalue weighted by Gasteiger charge is -2.28. The van der Waals surface area contributed by atoms with E-state index < -0.39 is 11.7 Å². The number of nitrogens with one attached hydrogen (secondary N) is 1. The molecule has 3 nitrogen and oxygen atoms in total. The minimum Gasteiger partial charge on any atom is -0.376 e. The SMILES string of the molecule is CC1CCCCC1OCCNC(=O)Cc1ccc(C(F)(F)F)cc1. The highest BCUT2D eigenvalue weighted by Gasteiger charge is 2.30. The number of rotatable bonds is 6. The maximum absolute atomic E-state index is 12.5. The normalized spacial score (nSPS) is 21.5. The molecule has 1 aliphatic carbocycles. The van der Waals surface area contributed by atoms with Gasteiger partial charge in [0.05, 0.1) is 24.7 Å². The number of ether oxygens (including phenoxy) is 1. The Bertz CT molecular complexity index is 528. The van der Waals surface area contributed by atoms with Crippen molar-refractivity contribution in [1.29, 1.82) is 0 Å². The summed E-state index contributed by atoms with van der Waals surface area (Å²) in [7, 11) is 0. The van der Waals surface area contributed by atoms with E-state index in [0.29, 0.717) is 24.6 Å². The second kappa shape index (κ2) is 8.51. The van der Waals surface area contributed by atoms with E-state index >= 15 is 0 Å². The van der Waals surface area contributed by atoms with Crippen LogP contribution < -0.4 is 5.32 Å². The highest BCUT2D eigenvalue weighted by molar-refractivity contribution is 5.78. The maximum Gasteiger partial charge on any atom is 0.416 e. The van der Waals surface area contributed by atoms with Gasteiger partial charge in [-0.05, 0) is 36.5 Å². The second-order valence-corrected chi connectivity index (χ2v) is 6.39. The summed E-state index contributed by atoms with van der Waals surface area (Å²) >= 11 is 0. The first-order chi connectivity index (χ1) is 11.4. The van der Waals surface area contributed by atoms with Crippen LogP contribution in [0.25, 0.3) is 0 Å². The number of carbonyl (C=O) groups excluding carboxylic acids is 1. The lowest BCUT2D eigenvalue weighted by molar-refractivity contribution is -0.137. The van der Waals surface area contributed by atoms with Crippen LogP contribution in [0.3, 0.4) is 0 Å².